The molecule has 3 aromatic carbocycles. The van der Waals surface area contributed by atoms with E-state index in [1.165, 1.54) is 17.0 Å². The van der Waals surface area contributed by atoms with E-state index in [2.05, 4.69) is 0 Å². The zero-order chi connectivity index (χ0) is 20.9. The first-order chi connectivity index (χ1) is 14.6. The van der Waals surface area contributed by atoms with E-state index in [-0.39, 0.29) is 24.4 Å². The first-order valence-corrected chi connectivity index (χ1v) is 9.71. The summed E-state index contributed by atoms with van der Waals surface area (Å²) in [5.41, 5.74) is 2.75. The number of amides is 1. The summed E-state index contributed by atoms with van der Waals surface area (Å²) < 4.78 is 14.2. The van der Waals surface area contributed by atoms with E-state index in [0.29, 0.717) is 11.1 Å². The maximum Gasteiger partial charge on any atom is 0.257 e. The minimum Gasteiger partial charge on any atom is -0.330 e. The highest BCUT2D eigenvalue weighted by molar-refractivity contribution is 6.15. The van der Waals surface area contributed by atoms with E-state index < -0.39 is 11.7 Å². The molecular formula is C26H20FNO2. The second-order valence-corrected chi connectivity index (χ2v) is 7.13. The molecule has 1 aliphatic rings. The Labute approximate surface area is 174 Å². The van der Waals surface area contributed by atoms with Crippen LogP contribution < -0.4 is 0 Å². The zero-order valence-corrected chi connectivity index (χ0v) is 16.3. The molecule has 1 aliphatic heterocycles. The Morgan fingerprint density at radius 2 is 1.20 bits per heavy atom. The predicted octanol–water partition coefficient (Wildman–Crippen LogP) is 5.02. The van der Waals surface area contributed by atoms with Crippen LogP contribution in [0.3, 0.4) is 0 Å². The largest absolute Gasteiger partial charge is 0.330 e. The van der Waals surface area contributed by atoms with Crippen LogP contribution in [0, 0.1) is 5.82 Å². The third-order valence-corrected chi connectivity index (χ3v) is 4.98. The lowest BCUT2D eigenvalue weighted by molar-refractivity contribution is -0.113. The van der Waals surface area contributed by atoms with E-state index in [9.17, 15) is 14.0 Å². The van der Waals surface area contributed by atoms with Gasteiger partial charge in [0.15, 0.2) is 5.78 Å². The van der Waals surface area contributed by atoms with Crippen molar-refractivity contribution >= 4 is 23.8 Å². The van der Waals surface area contributed by atoms with Crippen LogP contribution in [-0.4, -0.2) is 29.7 Å². The fraction of sp³-hybridized carbons (Fsp3) is 0.0769. The molecule has 1 fully saturated rings. The fourth-order valence-corrected chi connectivity index (χ4v) is 3.49. The highest BCUT2D eigenvalue weighted by Crippen LogP contribution is 2.24. The molecule has 0 N–H and O–H groups in total. The molecule has 1 amide bonds. The van der Waals surface area contributed by atoms with Crippen molar-refractivity contribution in [2.75, 3.05) is 13.1 Å². The van der Waals surface area contributed by atoms with Crippen molar-refractivity contribution in [2.45, 2.75) is 0 Å². The third-order valence-electron chi connectivity index (χ3n) is 4.98. The van der Waals surface area contributed by atoms with Crippen LogP contribution in [0.4, 0.5) is 4.39 Å². The number of halogens is 1. The average molecular weight is 397 g/mol. The van der Waals surface area contributed by atoms with Crippen molar-refractivity contribution in [2.24, 2.45) is 0 Å². The van der Waals surface area contributed by atoms with E-state index in [1.807, 2.05) is 60.7 Å². The van der Waals surface area contributed by atoms with E-state index >= 15 is 0 Å². The normalized spacial score (nSPS) is 16.8. The van der Waals surface area contributed by atoms with Gasteiger partial charge in [-0.1, -0.05) is 72.8 Å². The molecule has 0 spiro atoms. The Kier molecular flexibility index (Phi) is 5.66. The van der Waals surface area contributed by atoms with Crippen molar-refractivity contribution < 1.29 is 14.0 Å². The molecule has 3 aromatic rings. The van der Waals surface area contributed by atoms with Crippen LogP contribution in [0.2, 0.25) is 0 Å². The summed E-state index contributed by atoms with van der Waals surface area (Å²) in [6.07, 6.45) is 3.59. The van der Waals surface area contributed by atoms with Gasteiger partial charge in [-0.3, -0.25) is 9.59 Å². The number of benzene rings is 3. The maximum absolute atomic E-state index is 14.2. The lowest BCUT2D eigenvalue weighted by atomic mass is 9.93. The van der Waals surface area contributed by atoms with Crippen molar-refractivity contribution in [1.82, 2.24) is 4.90 Å². The quantitative estimate of drug-likeness (QED) is 0.582. The molecule has 148 valence electrons. The first-order valence-electron chi connectivity index (χ1n) is 9.71. The van der Waals surface area contributed by atoms with Gasteiger partial charge in [-0.25, -0.2) is 4.39 Å². The summed E-state index contributed by atoms with van der Waals surface area (Å²) in [5, 5.41) is 0. The molecule has 0 radical (unpaired) electrons. The van der Waals surface area contributed by atoms with Gasteiger partial charge < -0.3 is 4.90 Å². The second kappa shape index (κ2) is 8.70. The van der Waals surface area contributed by atoms with Gasteiger partial charge in [0, 0.05) is 11.1 Å². The monoisotopic (exact) mass is 397 g/mol. The molecular weight excluding hydrogens is 377 g/mol. The number of rotatable bonds is 3. The Balaban J connectivity index is 1.73. The minimum atomic E-state index is -0.568. The highest BCUT2D eigenvalue weighted by Gasteiger charge is 2.30. The number of hydrogen-bond acceptors (Lipinski definition) is 2. The first kappa shape index (κ1) is 19.5. The van der Waals surface area contributed by atoms with Crippen LogP contribution in [-0.2, 0) is 4.79 Å². The topological polar surface area (TPSA) is 37.4 Å². The van der Waals surface area contributed by atoms with E-state index in [0.717, 1.165) is 11.1 Å². The number of Topliss-reactive ketones (excluding diaryl/α,β-unsaturated/α-hetero) is 1. The lowest BCUT2D eigenvalue weighted by Crippen LogP contribution is -2.41. The molecule has 0 aliphatic carbocycles. The van der Waals surface area contributed by atoms with Crippen LogP contribution >= 0.6 is 0 Å². The molecule has 30 heavy (non-hydrogen) atoms. The van der Waals surface area contributed by atoms with Crippen LogP contribution in [0.1, 0.15) is 21.5 Å². The van der Waals surface area contributed by atoms with Gasteiger partial charge in [0.05, 0.1) is 18.7 Å². The molecule has 1 saturated heterocycles. The molecule has 1 heterocycles. The second-order valence-electron chi connectivity index (χ2n) is 7.13. The fourth-order valence-electron chi connectivity index (χ4n) is 3.49. The average Bonchev–Trinajstić information content (AvgIpc) is 2.78. The van der Waals surface area contributed by atoms with Crippen LogP contribution in [0.5, 0.6) is 0 Å². The van der Waals surface area contributed by atoms with Crippen molar-refractivity contribution in [3.63, 3.8) is 0 Å². The zero-order valence-electron chi connectivity index (χ0n) is 16.3. The number of ketones is 1. The third kappa shape index (κ3) is 4.28. The van der Waals surface area contributed by atoms with Crippen molar-refractivity contribution in [1.29, 1.82) is 0 Å². The number of piperidine rings is 1. The predicted molar refractivity (Wildman–Crippen MR) is 116 cm³/mol. The van der Waals surface area contributed by atoms with Gasteiger partial charge in [-0.15, -0.1) is 0 Å². The number of likely N-dealkylation sites (tertiary alicyclic amines) is 1. The number of carbonyl (C=O) groups is 2. The Morgan fingerprint density at radius 1 is 0.733 bits per heavy atom. The Hall–Kier alpha value is -3.79. The van der Waals surface area contributed by atoms with Gasteiger partial charge in [0.1, 0.15) is 5.82 Å². The van der Waals surface area contributed by atoms with Gasteiger partial charge in [-0.2, -0.15) is 0 Å². The summed E-state index contributed by atoms with van der Waals surface area (Å²) in [6.45, 7) is 0.264. The van der Waals surface area contributed by atoms with E-state index in [1.54, 1.807) is 24.3 Å². The molecule has 0 saturated carbocycles. The highest BCUT2D eigenvalue weighted by atomic mass is 19.1. The van der Waals surface area contributed by atoms with Crippen molar-refractivity contribution in [3.8, 4) is 0 Å². The lowest BCUT2D eigenvalue weighted by Gasteiger charge is -2.30. The molecule has 0 aromatic heterocycles. The number of nitrogens with zero attached hydrogens (tertiary/aromatic N) is 1. The molecule has 4 heteroatoms. The number of hydrogen-bond donors (Lipinski definition) is 0. The molecule has 4 rings (SSSR count). The molecule has 0 unspecified atom stereocenters. The molecule has 0 atom stereocenters. The Morgan fingerprint density at radius 3 is 1.70 bits per heavy atom. The maximum atomic E-state index is 14.2. The summed E-state index contributed by atoms with van der Waals surface area (Å²) >= 11 is 0. The Bertz CT molecular complexity index is 1070. The minimum absolute atomic E-state index is 0.00460. The summed E-state index contributed by atoms with van der Waals surface area (Å²) in [5.74, 6) is -1.10. The van der Waals surface area contributed by atoms with Crippen LogP contribution in [0.25, 0.3) is 12.2 Å². The standard InChI is InChI=1S/C26H20FNO2/c27-24-14-8-7-13-23(24)26(30)28-17-21(15-19-9-3-1-4-10-19)25(29)22(18-28)16-20-11-5-2-6-12-20/h1-16H,17-18H2/b21-15-,22-16+. The van der Waals surface area contributed by atoms with Gasteiger partial charge in [-0.05, 0) is 35.4 Å². The summed E-state index contributed by atoms with van der Waals surface area (Å²) in [4.78, 5) is 27.7. The van der Waals surface area contributed by atoms with Crippen LogP contribution in [0.15, 0.2) is 96.1 Å². The summed E-state index contributed by atoms with van der Waals surface area (Å²) in [7, 11) is 0. The van der Waals surface area contributed by atoms with Gasteiger partial charge >= 0.3 is 0 Å². The molecule has 3 nitrogen and oxygen atoms in total. The summed E-state index contributed by atoms with van der Waals surface area (Å²) in [6, 6.07) is 24.9. The van der Waals surface area contributed by atoms with Gasteiger partial charge in [0.25, 0.3) is 5.91 Å². The van der Waals surface area contributed by atoms with Gasteiger partial charge in [0.2, 0.25) is 0 Å². The molecule has 0 bridgehead atoms. The smallest absolute Gasteiger partial charge is 0.257 e. The van der Waals surface area contributed by atoms with Crippen molar-refractivity contribution in [3.05, 3.63) is 119 Å². The van der Waals surface area contributed by atoms with E-state index in [4.69, 9.17) is 0 Å². The SMILES string of the molecule is O=C1/C(=C\c2ccccc2)CN(C(=O)c2ccccc2F)C/C1=C\c1ccccc1. The number of carbonyl (C=O) groups excluding carboxylic acids is 2.